The maximum absolute atomic E-state index is 12.9. The lowest BCUT2D eigenvalue weighted by Crippen LogP contribution is -2.31. The van der Waals surface area contributed by atoms with Crippen molar-refractivity contribution in [3.63, 3.8) is 0 Å². The number of hydrogen-bond acceptors (Lipinski definition) is 2. The predicted molar refractivity (Wildman–Crippen MR) is 70.2 cm³/mol. The fraction of sp³-hybridized carbons (Fsp3) is 0.267. The summed E-state index contributed by atoms with van der Waals surface area (Å²) in [5.41, 5.74) is 0.872. The summed E-state index contributed by atoms with van der Waals surface area (Å²) < 4.78 is 18.0. The monoisotopic (exact) mass is 261 g/mol. The van der Waals surface area contributed by atoms with Crippen molar-refractivity contribution in [2.75, 3.05) is 0 Å². The Kier molecular flexibility index (Phi) is 4.00. The van der Waals surface area contributed by atoms with Gasteiger partial charge in [0.1, 0.15) is 5.82 Å². The van der Waals surface area contributed by atoms with E-state index in [0.717, 1.165) is 5.56 Å². The number of halogens is 1. The van der Waals surface area contributed by atoms with Gasteiger partial charge in [0.25, 0.3) is 5.91 Å². The molecule has 0 saturated heterocycles. The molecule has 4 heteroatoms. The lowest BCUT2D eigenvalue weighted by molar-refractivity contribution is 0.0897. The summed E-state index contributed by atoms with van der Waals surface area (Å²) in [6, 6.07) is 9.24. The van der Waals surface area contributed by atoms with Crippen LogP contribution in [0.15, 0.2) is 47.1 Å². The molecule has 0 fully saturated rings. The zero-order valence-corrected chi connectivity index (χ0v) is 10.9. The molecule has 2 rings (SSSR count). The topological polar surface area (TPSA) is 42.2 Å². The van der Waals surface area contributed by atoms with Crippen molar-refractivity contribution < 1.29 is 13.6 Å². The fourth-order valence-electron chi connectivity index (χ4n) is 1.93. The molecule has 0 spiro atoms. The van der Waals surface area contributed by atoms with Crippen LogP contribution < -0.4 is 5.32 Å². The first-order valence-electron chi connectivity index (χ1n) is 6.18. The molecule has 19 heavy (non-hydrogen) atoms. The Morgan fingerprint density at radius 3 is 2.42 bits per heavy atom. The highest BCUT2D eigenvalue weighted by molar-refractivity contribution is 5.91. The van der Waals surface area contributed by atoms with Crippen molar-refractivity contribution in [1.82, 2.24) is 5.32 Å². The van der Waals surface area contributed by atoms with E-state index in [1.807, 2.05) is 13.8 Å². The van der Waals surface area contributed by atoms with Crippen LogP contribution in [0.2, 0.25) is 0 Å². The first-order valence-corrected chi connectivity index (χ1v) is 6.18. The third kappa shape index (κ3) is 3.22. The van der Waals surface area contributed by atoms with E-state index in [0.29, 0.717) is 0 Å². The van der Waals surface area contributed by atoms with E-state index in [2.05, 4.69) is 5.32 Å². The van der Waals surface area contributed by atoms with Crippen molar-refractivity contribution in [3.05, 3.63) is 59.8 Å². The van der Waals surface area contributed by atoms with Gasteiger partial charge in [0.05, 0.1) is 12.3 Å². The second kappa shape index (κ2) is 5.69. The maximum Gasteiger partial charge on any atom is 0.287 e. The van der Waals surface area contributed by atoms with Gasteiger partial charge in [-0.25, -0.2) is 4.39 Å². The van der Waals surface area contributed by atoms with Crippen molar-refractivity contribution in [3.8, 4) is 0 Å². The number of furan rings is 1. The zero-order chi connectivity index (χ0) is 13.8. The summed E-state index contributed by atoms with van der Waals surface area (Å²) in [6.45, 7) is 3.99. The Hall–Kier alpha value is -2.10. The average Bonchev–Trinajstić information content (AvgIpc) is 2.90. The third-order valence-corrected chi connectivity index (χ3v) is 2.93. The molecule has 0 radical (unpaired) electrons. The van der Waals surface area contributed by atoms with Crippen LogP contribution in [0.3, 0.4) is 0 Å². The summed E-state index contributed by atoms with van der Waals surface area (Å²) in [5, 5.41) is 2.90. The fourth-order valence-corrected chi connectivity index (χ4v) is 1.93. The van der Waals surface area contributed by atoms with Gasteiger partial charge in [-0.3, -0.25) is 4.79 Å². The van der Waals surface area contributed by atoms with Gasteiger partial charge in [-0.05, 0) is 35.7 Å². The number of benzene rings is 1. The Labute approximate surface area is 111 Å². The Bertz CT molecular complexity index is 532. The van der Waals surface area contributed by atoms with Crippen LogP contribution in [0.5, 0.6) is 0 Å². The molecule has 1 unspecified atom stereocenters. The Morgan fingerprint density at radius 1 is 1.21 bits per heavy atom. The molecule has 0 aliphatic rings. The van der Waals surface area contributed by atoms with Gasteiger partial charge in [-0.2, -0.15) is 0 Å². The van der Waals surface area contributed by atoms with Crippen LogP contribution in [-0.4, -0.2) is 5.91 Å². The third-order valence-electron chi connectivity index (χ3n) is 2.93. The minimum absolute atomic E-state index is 0.182. The van der Waals surface area contributed by atoms with Gasteiger partial charge in [-0.1, -0.05) is 26.0 Å². The zero-order valence-electron chi connectivity index (χ0n) is 10.9. The first-order chi connectivity index (χ1) is 9.08. The van der Waals surface area contributed by atoms with Crippen molar-refractivity contribution in [2.45, 2.75) is 19.9 Å². The Morgan fingerprint density at radius 2 is 1.89 bits per heavy atom. The normalized spacial score (nSPS) is 12.4. The maximum atomic E-state index is 12.9. The lowest BCUT2D eigenvalue weighted by atomic mass is 9.96. The van der Waals surface area contributed by atoms with Crippen LogP contribution >= 0.6 is 0 Å². The van der Waals surface area contributed by atoms with Crippen molar-refractivity contribution in [2.24, 2.45) is 5.92 Å². The number of carbonyl (C=O) groups excluding carboxylic acids is 1. The summed E-state index contributed by atoms with van der Waals surface area (Å²) in [7, 11) is 0. The SMILES string of the molecule is CC(C)C(NC(=O)c1ccco1)c1ccc(F)cc1. The van der Waals surface area contributed by atoms with E-state index in [4.69, 9.17) is 4.42 Å². The summed E-state index contributed by atoms with van der Waals surface area (Å²) >= 11 is 0. The van der Waals surface area contributed by atoms with Crippen LogP contribution in [0.1, 0.15) is 36.0 Å². The molecular weight excluding hydrogens is 245 g/mol. The lowest BCUT2D eigenvalue weighted by Gasteiger charge is -2.22. The molecule has 1 heterocycles. The van der Waals surface area contributed by atoms with Crippen LogP contribution in [0, 0.1) is 11.7 Å². The summed E-state index contributed by atoms with van der Waals surface area (Å²) in [6.07, 6.45) is 1.46. The van der Waals surface area contributed by atoms with E-state index in [9.17, 15) is 9.18 Å². The summed E-state index contributed by atoms with van der Waals surface area (Å²) in [4.78, 5) is 12.0. The Balaban J connectivity index is 2.17. The van der Waals surface area contributed by atoms with Crippen LogP contribution in [0.4, 0.5) is 4.39 Å². The van der Waals surface area contributed by atoms with Gasteiger partial charge < -0.3 is 9.73 Å². The van der Waals surface area contributed by atoms with Crippen LogP contribution in [0.25, 0.3) is 0 Å². The first kappa shape index (κ1) is 13.3. The second-order valence-electron chi connectivity index (χ2n) is 4.72. The van der Waals surface area contributed by atoms with Crippen molar-refractivity contribution in [1.29, 1.82) is 0 Å². The molecule has 1 aromatic heterocycles. The molecule has 1 N–H and O–H groups in total. The molecule has 1 amide bonds. The van der Waals surface area contributed by atoms with Crippen molar-refractivity contribution >= 4 is 5.91 Å². The number of carbonyl (C=O) groups is 1. The molecule has 100 valence electrons. The highest BCUT2D eigenvalue weighted by Crippen LogP contribution is 2.22. The van der Waals surface area contributed by atoms with E-state index < -0.39 is 0 Å². The molecule has 0 aliphatic carbocycles. The molecule has 1 atom stereocenters. The molecular formula is C15H16FNO2. The standard InChI is InChI=1S/C15H16FNO2/c1-10(2)14(11-5-7-12(16)8-6-11)17-15(18)13-4-3-9-19-13/h3-10,14H,1-2H3,(H,17,18). The van der Waals surface area contributed by atoms with Gasteiger partial charge >= 0.3 is 0 Å². The number of hydrogen-bond donors (Lipinski definition) is 1. The molecule has 1 aromatic carbocycles. The average molecular weight is 261 g/mol. The number of nitrogens with one attached hydrogen (secondary N) is 1. The highest BCUT2D eigenvalue weighted by Gasteiger charge is 2.20. The highest BCUT2D eigenvalue weighted by atomic mass is 19.1. The minimum Gasteiger partial charge on any atom is -0.459 e. The van der Waals surface area contributed by atoms with Gasteiger partial charge in [0.15, 0.2) is 5.76 Å². The van der Waals surface area contributed by atoms with E-state index in [1.165, 1.54) is 18.4 Å². The minimum atomic E-state index is -0.288. The van der Waals surface area contributed by atoms with Gasteiger partial charge in [0, 0.05) is 0 Å². The van der Waals surface area contributed by atoms with Gasteiger partial charge in [-0.15, -0.1) is 0 Å². The summed E-state index contributed by atoms with van der Waals surface area (Å²) in [5.74, 6) is -0.103. The predicted octanol–water partition coefficient (Wildman–Crippen LogP) is 3.55. The van der Waals surface area contributed by atoms with E-state index in [-0.39, 0.29) is 29.4 Å². The molecule has 3 nitrogen and oxygen atoms in total. The molecule has 0 bridgehead atoms. The number of amides is 1. The van der Waals surface area contributed by atoms with Crippen LogP contribution in [-0.2, 0) is 0 Å². The quantitative estimate of drug-likeness (QED) is 0.914. The van der Waals surface area contributed by atoms with E-state index in [1.54, 1.807) is 24.3 Å². The smallest absolute Gasteiger partial charge is 0.287 e. The van der Waals surface area contributed by atoms with Gasteiger partial charge in [0.2, 0.25) is 0 Å². The molecule has 0 aliphatic heterocycles. The van der Waals surface area contributed by atoms with E-state index >= 15 is 0 Å². The second-order valence-corrected chi connectivity index (χ2v) is 4.72. The molecule has 2 aromatic rings. The number of rotatable bonds is 4. The molecule has 0 saturated carbocycles. The largest absolute Gasteiger partial charge is 0.459 e.